The van der Waals surface area contributed by atoms with Gasteiger partial charge in [0.15, 0.2) is 0 Å². The predicted octanol–water partition coefficient (Wildman–Crippen LogP) is 3.71. The lowest BCUT2D eigenvalue weighted by molar-refractivity contribution is -0.384. The Bertz CT molecular complexity index is 615. The lowest BCUT2D eigenvalue weighted by atomic mass is 9.45. The van der Waals surface area contributed by atoms with Crippen molar-refractivity contribution in [3.63, 3.8) is 0 Å². The Morgan fingerprint density at radius 1 is 1.39 bits per heavy atom. The van der Waals surface area contributed by atoms with E-state index in [1.807, 2.05) is 0 Å². The van der Waals surface area contributed by atoms with Crippen molar-refractivity contribution >= 4 is 23.8 Å². The van der Waals surface area contributed by atoms with Gasteiger partial charge in [-0.25, -0.2) is 4.40 Å². The second kappa shape index (κ2) is 6.24. The number of hydrogen-bond donors (Lipinski definition) is 1. The Labute approximate surface area is 140 Å². The van der Waals surface area contributed by atoms with Gasteiger partial charge in [0.05, 0.1) is 11.0 Å². The molecule has 5 nitrogen and oxygen atoms in total. The van der Waals surface area contributed by atoms with Gasteiger partial charge < -0.3 is 5.11 Å². The van der Waals surface area contributed by atoms with E-state index in [0.717, 1.165) is 17.7 Å². The van der Waals surface area contributed by atoms with Crippen molar-refractivity contribution in [2.24, 2.45) is 27.6 Å². The van der Waals surface area contributed by atoms with Gasteiger partial charge >= 0.3 is 0 Å². The molecule has 6 heteroatoms. The third-order valence-electron chi connectivity index (χ3n) is 5.73. The molecule has 0 radical (unpaired) electrons. The number of non-ortho nitro benzene ring substituents is 1. The van der Waals surface area contributed by atoms with Crippen LogP contribution in [-0.4, -0.2) is 28.1 Å². The summed E-state index contributed by atoms with van der Waals surface area (Å²) >= 11 is 1.47. The van der Waals surface area contributed by atoms with E-state index in [9.17, 15) is 15.2 Å². The smallest absolute Gasteiger partial charge is 0.269 e. The Balaban J connectivity index is 1.53. The largest absolute Gasteiger partial charge is 0.393 e. The molecule has 0 unspecified atom stereocenters. The lowest BCUT2D eigenvalue weighted by Gasteiger charge is -2.61. The third-order valence-corrected chi connectivity index (χ3v) is 6.52. The van der Waals surface area contributed by atoms with Crippen LogP contribution in [0.5, 0.6) is 0 Å². The molecule has 23 heavy (non-hydrogen) atoms. The average molecular weight is 334 g/mol. The average Bonchev–Trinajstić information content (AvgIpc) is 2.52. The molecule has 1 N–H and O–H groups in total. The summed E-state index contributed by atoms with van der Waals surface area (Å²) in [7, 11) is 0. The summed E-state index contributed by atoms with van der Waals surface area (Å²) in [5.41, 5.74) is 1.28. The van der Waals surface area contributed by atoms with Crippen molar-refractivity contribution in [3.8, 4) is 0 Å². The molecule has 0 amide bonds. The zero-order chi connectivity index (χ0) is 16.6. The number of nitro groups is 1. The summed E-state index contributed by atoms with van der Waals surface area (Å²) in [4.78, 5) is 10.2. The van der Waals surface area contributed by atoms with E-state index in [-0.39, 0.29) is 11.8 Å². The third kappa shape index (κ3) is 3.15. The molecule has 3 saturated carbocycles. The SMILES string of the molecule is CC1(C)[C@H]2C[C@H](O)[C@@H](CS/N=C/c3ccc([N+](=O)[O-])cc3)[C@@H]1C2. The maximum absolute atomic E-state index is 10.6. The van der Waals surface area contributed by atoms with Crippen molar-refractivity contribution in [1.82, 2.24) is 0 Å². The summed E-state index contributed by atoms with van der Waals surface area (Å²) in [6, 6.07) is 6.34. The molecule has 4 rings (SSSR count). The summed E-state index contributed by atoms with van der Waals surface area (Å²) in [6.07, 6.45) is 3.68. The number of rotatable bonds is 5. The van der Waals surface area contributed by atoms with Gasteiger partial charge in [-0.15, -0.1) is 0 Å². The van der Waals surface area contributed by atoms with Crippen LogP contribution in [0.25, 0.3) is 0 Å². The van der Waals surface area contributed by atoms with Gasteiger partial charge in [-0.2, -0.15) is 0 Å². The van der Waals surface area contributed by atoms with Gasteiger partial charge in [0.25, 0.3) is 5.69 Å². The summed E-state index contributed by atoms with van der Waals surface area (Å²) < 4.78 is 4.35. The number of hydrogen-bond acceptors (Lipinski definition) is 5. The molecule has 3 aliphatic rings. The van der Waals surface area contributed by atoms with Crippen molar-refractivity contribution < 1.29 is 10.0 Å². The van der Waals surface area contributed by atoms with Crippen LogP contribution in [0.1, 0.15) is 32.3 Å². The van der Waals surface area contributed by atoms with Crippen molar-refractivity contribution in [2.75, 3.05) is 5.75 Å². The minimum absolute atomic E-state index is 0.0851. The monoisotopic (exact) mass is 334 g/mol. The van der Waals surface area contributed by atoms with Crippen molar-refractivity contribution in [1.29, 1.82) is 0 Å². The molecule has 3 fully saturated rings. The molecule has 0 aromatic heterocycles. The van der Waals surface area contributed by atoms with E-state index in [0.29, 0.717) is 23.2 Å². The van der Waals surface area contributed by atoms with E-state index < -0.39 is 4.92 Å². The zero-order valence-corrected chi connectivity index (χ0v) is 14.2. The van der Waals surface area contributed by atoms with Gasteiger partial charge in [0.2, 0.25) is 0 Å². The number of aliphatic hydroxyl groups excluding tert-OH is 1. The first-order chi connectivity index (χ1) is 10.9. The number of nitrogens with zero attached hydrogens (tertiary/aromatic N) is 2. The Kier molecular flexibility index (Phi) is 4.47. The zero-order valence-electron chi connectivity index (χ0n) is 13.4. The fourth-order valence-corrected chi connectivity index (χ4v) is 4.96. The first kappa shape index (κ1) is 16.5. The number of nitro benzene ring substituents is 1. The van der Waals surface area contributed by atoms with Crippen LogP contribution in [-0.2, 0) is 0 Å². The Morgan fingerprint density at radius 3 is 2.70 bits per heavy atom. The van der Waals surface area contributed by atoms with Gasteiger partial charge in [-0.3, -0.25) is 10.1 Å². The molecule has 124 valence electrons. The van der Waals surface area contributed by atoms with Crippen LogP contribution in [0, 0.1) is 33.3 Å². The van der Waals surface area contributed by atoms with Crippen LogP contribution in [0.3, 0.4) is 0 Å². The summed E-state index contributed by atoms with van der Waals surface area (Å²) in [5.74, 6) is 2.41. The van der Waals surface area contributed by atoms with E-state index >= 15 is 0 Å². The molecule has 1 aromatic rings. The predicted molar refractivity (Wildman–Crippen MR) is 92.6 cm³/mol. The Hall–Kier alpha value is -1.40. The lowest BCUT2D eigenvalue weighted by Crippen LogP contribution is -2.58. The van der Waals surface area contributed by atoms with Gasteiger partial charge in [0.1, 0.15) is 0 Å². The van der Waals surface area contributed by atoms with Crippen molar-refractivity contribution in [2.45, 2.75) is 32.8 Å². The van der Waals surface area contributed by atoms with Crippen LogP contribution in [0.15, 0.2) is 28.7 Å². The molecular weight excluding hydrogens is 312 g/mol. The topological polar surface area (TPSA) is 75.7 Å². The molecule has 2 bridgehead atoms. The van der Waals surface area contributed by atoms with Crippen LogP contribution in [0.4, 0.5) is 5.69 Å². The van der Waals surface area contributed by atoms with E-state index in [1.54, 1.807) is 18.3 Å². The maximum atomic E-state index is 10.6. The second-order valence-electron chi connectivity index (χ2n) is 7.21. The quantitative estimate of drug-likeness (QED) is 0.385. The minimum Gasteiger partial charge on any atom is -0.393 e. The number of aliphatic hydroxyl groups is 1. The van der Waals surface area contributed by atoms with Crippen LogP contribution in [0.2, 0.25) is 0 Å². The van der Waals surface area contributed by atoms with E-state index in [4.69, 9.17) is 0 Å². The first-order valence-corrected chi connectivity index (χ1v) is 8.91. The fraction of sp³-hybridized carbons (Fsp3) is 0.588. The number of fused-ring (bicyclic) bond motifs is 2. The van der Waals surface area contributed by atoms with E-state index in [1.165, 1.54) is 30.5 Å². The van der Waals surface area contributed by atoms with Crippen LogP contribution < -0.4 is 0 Å². The molecule has 0 saturated heterocycles. The minimum atomic E-state index is -0.409. The molecule has 1 aromatic carbocycles. The molecule has 0 aliphatic heterocycles. The fourth-order valence-electron chi connectivity index (χ4n) is 4.05. The van der Waals surface area contributed by atoms with Gasteiger partial charge in [-0.05, 0) is 65.7 Å². The van der Waals surface area contributed by atoms with E-state index in [2.05, 4.69) is 18.2 Å². The van der Waals surface area contributed by atoms with Crippen molar-refractivity contribution in [3.05, 3.63) is 39.9 Å². The molecule has 0 heterocycles. The summed E-state index contributed by atoms with van der Waals surface area (Å²) in [5, 5.41) is 20.9. The van der Waals surface area contributed by atoms with Gasteiger partial charge in [-0.1, -0.05) is 13.8 Å². The highest BCUT2D eigenvalue weighted by Gasteiger charge is 2.57. The standard InChI is InChI=1S/C17H22N2O3S/c1-17(2)12-7-15(17)14(16(20)8-12)10-23-18-9-11-3-5-13(6-4-11)19(21)22/h3-6,9,12,14-16,20H,7-8,10H2,1-2H3/b18-9+/t12-,14+,15+,16+/m1/s1. The highest BCUT2D eigenvalue weighted by molar-refractivity contribution is 7.98. The normalized spacial score (nSPS) is 31.8. The molecule has 0 spiro atoms. The molecule has 4 atom stereocenters. The van der Waals surface area contributed by atoms with Gasteiger partial charge in [0, 0.05) is 24.1 Å². The second-order valence-corrected chi connectivity index (χ2v) is 8.01. The maximum Gasteiger partial charge on any atom is 0.269 e. The highest BCUT2D eigenvalue weighted by Crippen LogP contribution is 2.61. The Morgan fingerprint density at radius 2 is 2.09 bits per heavy atom. The highest BCUT2D eigenvalue weighted by atomic mass is 32.2. The number of benzene rings is 1. The summed E-state index contributed by atoms with van der Waals surface area (Å²) in [6.45, 7) is 4.63. The molecular formula is C17H22N2O3S. The molecule has 3 aliphatic carbocycles. The first-order valence-electron chi connectivity index (χ1n) is 7.97. The van der Waals surface area contributed by atoms with Crippen LogP contribution >= 0.6 is 11.9 Å².